The molecule has 0 radical (unpaired) electrons. The molecule has 0 saturated carbocycles. The van der Waals surface area contributed by atoms with Crippen molar-refractivity contribution in [1.29, 1.82) is 0 Å². The first-order chi connectivity index (χ1) is 8.06. The van der Waals surface area contributed by atoms with E-state index in [1.807, 2.05) is 58.0 Å². The molecule has 1 amide bonds. The normalized spacial score (nSPS) is 11.7. The van der Waals surface area contributed by atoms with Gasteiger partial charge in [0.05, 0.1) is 0 Å². The number of carbonyl (C=O) groups is 1. The van der Waals surface area contributed by atoms with Gasteiger partial charge in [-0.2, -0.15) is 0 Å². The van der Waals surface area contributed by atoms with E-state index < -0.39 is 0 Å². The van der Waals surface area contributed by atoms with Crippen LogP contribution in [-0.2, 0) is 4.79 Å². The Hall–Kier alpha value is -1.57. The van der Waals surface area contributed by atoms with Crippen molar-refractivity contribution in [2.24, 2.45) is 5.92 Å². The molecule has 0 spiro atoms. The Balaban J connectivity index is 2.85. The van der Waals surface area contributed by atoms with E-state index in [0.29, 0.717) is 0 Å². The number of benzene rings is 1. The molecule has 0 aliphatic rings. The van der Waals surface area contributed by atoms with Crippen LogP contribution in [0.15, 0.2) is 35.9 Å². The number of allylic oxidation sites excluding steroid dienone is 1. The Kier molecular flexibility index (Phi) is 4.95. The maximum atomic E-state index is 12.1. The molecule has 1 N–H and O–H groups in total. The van der Waals surface area contributed by atoms with E-state index in [1.54, 1.807) is 0 Å². The second-order valence-electron chi connectivity index (χ2n) is 4.49. The van der Waals surface area contributed by atoms with Gasteiger partial charge >= 0.3 is 0 Å². The van der Waals surface area contributed by atoms with Crippen molar-refractivity contribution in [2.45, 2.75) is 34.1 Å². The maximum absolute atomic E-state index is 12.1. The third-order valence-electron chi connectivity index (χ3n) is 2.70. The van der Waals surface area contributed by atoms with Gasteiger partial charge in [0.15, 0.2) is 0 Å². The summed E-state index contributed by atoms with van der Waals surface area (Å²) in [5, 5.41) is 2.97. The zero-order valence-electron chi connectivity index (χ0n) is 11.1. The highest BCUT2D eigenvalue weighted by atomic mass is 16.1. The van der Waals surface area contributed by atoms with Gasteiger partial charge in [0.25, 0.3) is 5.91 Å². The van der Waals surface area contributed by atoms with Gasteiger partial charge in [-0.15, -0.1) is 0 Å². The molecule has 1 aromatic carbocycles. The van der Waals surface area contributed by atoms with Crippen molar-refractivity contribution >= 4 is 11.6 Å². The van der Waals surface area contributed by atoms with Crippen LogP contribution in [0.2, 0.25) is 0 Å². The van der Waals surface area contributed by atoms with Crippen LogP contribution >= 0.6 is 0 Å². The maximum Gasteiger partial charge on any atom is 0.251 e. The summed E-state index contributed by atoms with van der Waals surface area (Å²) in [6.07, 6.45) is 2.88. The fourth-order valence-corrected chi connectivity index (χ4v) is 1.72. The summed E-state index contributed by atoms with van der Waals surface area (Å²) >= 11 is 0. The Labute approximate surface area is 104 Å². The van der Waals surface area contributed by atoms with E-state index >= 15 is 0 Å². The number of para-hydroxylation sites is 1. The van der Waals surface area contributed by atoms with Gasteiger partial charge in [-0.1, -0.05) is 45.0 Å². The minimum absolute atomic E-state index is 0.0103. The number of amides is 1. The molecule has 0 fully saturated rings. The van der Waals surface area contributed by atoms with Gasteiger partial charge in [-0.05, 0) is 30.9 Å². The molecule has 0 heterocycles. The largest absolute Gasteiger partial charge is 0.322 e. The molecule has 0 aliphatic carbocycles. The Morgan fingerprint density at radius 3 is 2.53 bits per heavy atom. The third-order valence-corrected chi connectivity index (χ3v) is 2.70. The second-order valence-corrected chi connectivity index (χ2v) is 4.49. The van der Waals surface area contributed by atoms with Gasteiger partial charge < -0.3 is 5.32 Å². The van der Waals surface area contributed by atoms with Crippen molar-refractivity contribution in [3.05, 3.63) is 41.5 Å². The molecule has 0 aromatic heterocycles. The van der Waals surface area contributed by atoms with Gasteiger partial charge in [0.1, 0.15) is 0 Å². The molecule has 0 atom stereocenters. The quantitative estimate of drug-likeness (QED) is 0.782. The molecule has 92 valence electrons. The Bertz CT molecular complexity index is 419. The molecule has 0 aliphatic heterocycles. The summed E-state index contributed by atoms with van der Waals surface area (Å²) in [6.45, 7) is 8.12. The summed E-state index contributed by atoms with van der Waals surface area (Å²) in [7, 11) is 0. The van der Waals surface area contributed by atoms with Crippen LogP contribution in [0.1, 0.15) is 32.8 Å². The van der Waals surface area contributed by atoms with E-state index in [1.165, 1.54) is 0 Å². The predicted molar refractivity (Wildman–Crippen MR) is 73.0 cm³/mol. The minimum atomic E-state index is 0.0103. The van der Waals surface area contributed by atoms with E-state index in [4.69, 9.17) is 0 Å². The lowest BCUT2D eigenvalue weighted by atomic mass is 10.0. The monoisotopic (exact) mass is 231 g/mol. The van der Waals surface area contributed by atoms with Gasteiger partial charge in [-0.3, -0.25) is 4.79 Å². The standard InChI is InChI=1S/C15H21NO/c1-5-8-13(11(2)3)15(17)16-14-10-7-6-9-12(14)4/h6-11H,5H2,1-4H3,(H,16,17)/b13-8+. The predicted octanol–water partition coefficient (Wildman–Crippen LogP) is 3.93. The Morgan fingerprint density at radius 1 is 1.35 bits per heavy atom. The van der Waals surface area contributed by atoms with Crippen molar-refractivity contribution in [3.8, 4) is 0 Å². The van der Waals surface area contributed by atoms with Crippen LogP contribution in [0.25, 0.3) is 0 Å². The van der Waals surface area contributed by atoms with E-state index in [0.717, 1.165) is 23.2 Å². The van der Waals surface area contributed by atoms with E-state index in [9.17, 15) is 4.79 Å². The summed E-state index contributed by atoms with van der Waals surface area (Å²) in [5.74, 6) is 0.259. The highest BCUT2D eigenvalue weighted by molar-refractivity contribution is 6.04. The summed E-state index contributed by atoms with van der Waals surface area (Å²) in [6, 6.07) is 7.82. The van der Waals surface area contributed by atoms with Crippen LogP contribution in [0, 0.1) is 12.8 Å². The first kappa shape index (κ1) is 13.5. The van der Waals surface area contributed by atoms with Crippen molar-refractivity contribution in [1.82, 2.24) is 0 Å². The van der Waals surface area contributed by atoms with Crippen LogP contribution < -0.4 is 5.32 Å². The van der Waals surface area contributed by atoms with Crippen LogP contribution in [-0.4, -0.2) is 5.91 Å². The molecule has 2 heteroatoms. The lowest BCUT2D eigenvalue weighted by molar-refractivity contribution is -0.113. The average molecular weight is 231 g/mol. The molecule has 0 unspecified atom stereocenters. The highest BCUT2D eigenvalue weighted by Gasteiger charge is 2.13. The van der Waals surface area contributed by atoms with Crippen LogP contribution in [0.3, 0.4) is 0 Å². The van der Waals surface area contributed by atoms with Crippen molar-refractivity contribution in [2.75, 3.05) is 5.32 Å². The molecule has 2 nitrogen and oxygen atoms in total. The van der Waals surface area contributed by atoms with Crippen LogP contribution in [0.4, 0.5) is 5.69 Å². The lowest BCUT2D eigenvalue weighted by Crippen LogP contribution is -2.18. The summed E-state index contributed by atoms with van der Waals surface area (Å²) < 4.78 is 0. The number of anilines is 1. The highest BCUT2D eigenvalue weighted by Crippen LogP contribution is 2.17. The molecule has 0 bridgehead atoms. The molecule has 1 rings (SSSR count). The molecule has 1 aromatic rings. The smallest absolute Gasteiger partial charge is 0.251 e. The average Bonchev–Trinajstić information content (AvgIpc) is 2.28. The second kappa shape index (κ2) is 6.24. The molecular formula is C15H21NO. The van der Waals surface area contributed by atoms with Crippen LogP contribution in [0.5, 0.6) is 0 Å². The fraction of sp³-hybridized carbons (Fsp3) is 0.400. The number of aryl methyl sites for hydroxylation is 1. The SMILES string of the molecule is CC/C=C(/C(=O)Nc1ccccc1C)C(C)C. The number of hydrogen-bond donors (Lipinski definition) is 1. The van der Waals surface area contributed by atoms with Gasteiger partial charge in [-0.25, -0.2) is 0 Å². The number of carbonyl (C=O) groups excluding carboxylic acids is 1. The number of nitrogens with one attached hydrogen (secondary N) is 1. The third kappa shape index (κ3) is 3.74. The lowest BCUT2D eigenvalue weighted by Gasteiger charge is -2.13. The minimum Gasteiger partial charge on any atom is -0.322 e. The molecule has 0 saturated heterocycles. The fourth-order valence-electron chi connectivity index (χ4n) is 1.72. The van der Waals surface area contributed by atoms with Crippen molar-refractivity contribution in [3.63, 3.8) is 0 Å². The number of rotatable bonds is 4. The first-order valence-electron chi connectivity index (χ1n) is 6.13. The number of hydrogen-bond acceptors (Lipinski definition) is 1. The van der Waals surface area contributed by atoms with E-state index in [2.05, 4.69) is 5.32 Å². The summed E-state index contributed by atoms with van der Waals surface area (Å²) in [4.78, 5) is 12.1. The topological polar surface area (TPSA) is 29.1 Å². The molecular weight excluding hydrogens is 210 g/mol. The van der Waals surface area contributed by atoms with E-state index in [-0.39, 0.29) is 11.8 Å². The van der Waals surface area contributed by atoms with Crippen molar-refractivity contribution < 1.29 is 4.79 Å². The Morgan fingerprint density at radius 2 is 2.00 bits per heavy atom. The first-order valence-corrected chi connectivity index (χ1v) is 6.13. The van der Waals surface area contributed by atoms with Gasteiger partial charge in [0.2, 0.25) is 0 Å². The molecule has 17 heavy (non-hydrogen) atoms. The van der Waals surface area contributed by atoms with Gasteiger partial charge in [0, 0.05) is 11.3 Å². The zero-order valence-corrected chi connectivity index (χ0v) is 11.1. The summed E-state index contributed by atoms with van der Waals surface area (Å²) in [5.41, 5.74) is 2.83. The zero-order chi connectivity index (χ0) is 12.8.